The highest BCUT2D eigenvalue weighted by Gasteiger charge is 2.20. The minimum Gasteiger partial charge on any atom is -0.352 e. The van der Waals surface area contributed by atoms with Gasteiger partial charge in [0.15, 0.2) is 0 Å². The van der Waals surface area contributed by atoms with Gasteiger partial charge in [-0.3, -0.25) is 29.5 Å². The molecule has 0 aliphatic heterocycles. The van der Waals surface area contributed by atoms with E-state index in [1.54, 1.807) is 36.4 Å². The summed E-state index contributed by atoms with van der Waals surface area (Å²) in [5.41, 5.74) is 6.10. The quantitative estimate of drug-likeness (QED) is 0.309. The van der Waals surface area contributed by atoms with Crippen molar-refractivity contribution in [3.8, 4) is 0 Å². The van der Waals surface area contributed by atoms with E-state index in [0.29, 0.717) is 23.6 Å². The Hall–Kier alpha value is -4.13. The summed E-state index contributed by atoms with van der Waals surface area (Å²) in [4.78, 5) is 51.2. The predicted molar refractivity (Wildman–Crippen MR) is 134 cm³/mol. The molecule has 0 unspecified atom stereocenters. The first-order valence-corrected chi connectivity index (χ1v) is 12.7. The second-order valence-corrected chi connectivity index (χ2v) is 9.72. The molecule has 11 nitrogen and oxygen atoms in total. The van der Waals surface area contributed by atoms with Crippen molar-refractivity contribution in [1.29, 1.82) is 0 Å². The zero-order valence-electron chi connectivity index (χ0n) is 19.2. The summed E-state index contributed by atoms with van der Waals surface area (Å²) in [5.74, 6) is -2.72. The Balaban J connectivity index is 1.55. The van der Waals surface area contributed by atoms with E-state index in [2.05, 4.69) is 10.3 Å². The highest BCUT2D eigenvalue weighted by atomic mass is 35.5. The number of carbonyl (C=O) groups is 4. The first kappa shape index (κ1) is 27.5. The minimum absolute atomic E-state index is 0.113. The number of rotatable bonds is 9. The highest BCUT2D eigenvalue weighted by Crippen LogP contribution is 2.13. The molecule has 192 valence electrons. The van der Waals surface area contributed by atoms with Crippen molar-refractivity contribution < 1.29 is 27.6 Å². The van der Waals surface area contributed by atoms with Crippen molar-refractivity contribution in [2.75, 3.05) is 13.1 Å². The lowest BCUT2D eigenvalue weighted by Gasteiger charge is -2.09. The molecule has 0 spiro atoms. The Kier molecular flexibility index (Phi) is 9.06. The minimum atomic E-state index is -4.19. The van der Waals surface area contributed by atoms with Gasteiger partial charge in [0, 0.05) is 23.3 Å². The highest BCUT2D eigenvalue weighted by molar-refractivity contribution is 7.90. The van der Waals surface area contributed by atoms with Crippen molar-refractivity contribution in [1.82, 2.24) is 20.3 Å². The van der Waals surface area contributed by atoms with E-state index in [1.165, 1.54) is 24.3 Å². The monoisotopic (exact) mass is 543 g/mol. The number of imide groups is 1. The van der Waals surface area contributed by atoms with Crippen LogP contribution in [0.15, 0.2) is 71.8 Å². The Bertz CT molecular complexity index is 1410. The van der Waals surface area contributed by atoms with Gasteiger partial charge in [0.25, 0.3) is 27.7 Å². The molecular weight excluding hydrogens is 522 g/mol. The van der Waals surface area contributed by atoms with Crippen molar-refractivity contribution in [3.63, 3.8) is 0 Å². The number of hydrogen-bond donors (Lipinski definition) is 4. The van der Waals surface area contributed by atoms with Gasteiger partial charge in [-0.15, -0.1) is 0 Å². The fourth-order valence-corrected chi connectivity index (χ4v) is 4.10. The van der Waals surface area contributed by atoms with E-state index in [4.69, 9.17) is 17.3 Å². The molecule has 3 rings (SSSR count). The molecule has 0 aliphatic rings. The number of aromatic nitrogens is 1. The predicted octanol–water partition coefficient (Wildman–Crippen LogP) is 1.04. The lowest BCUT2D eigenvalue weighted by Crippen LogP contribution is -2.36. The molecule has 37 heavy (non-hydrogen) atoms. The standard InChI is InChI=1S/C24H22ClN5O6S/c25-18-6-3-16(4-7-18)22(32)27-12-11-15-1-8-19(9-2-15)37(35,36)30-23(33)17-5-10-20(28-14-17)24(34)29-21(31)13-26/h1-10,14H,11-13,26H2,(H,27,32)(H,30,33)(H,29,31,34). The van der Waals surface area contributed by atoms with Crippen LogP contribution < -0.4 is 21.1 Å². The topological polar surface area (TPSA) is 177 Å². The Morgan fingerprint density at radius 1 is 0.838 bits per heavy atom. The van der Waals surface area contributed by atoms with Crippen LogP contribution in [0.1, 0.15) is 36.8 Å². The molecule has 5 N–H and O–H groups in total. The van der Waals surface area contributed by atoms with E-state index in [1.807, 2.05) is 10.0 Å². The largest absolute Gasteiger partial charge is 0.352 e. The van der Waals surface area contributed by atoms with E-state index < -0.39 is 27.7 Å². The third kappa shape index (κ3) is 7.67. The summed E-state index contributed by atoms with van der Waals surface area (Å²) >= 11 is 5.81. The van der Waals surface area contributed by atoms with Crippen LogP contribution in [0, 0.1) is 0 Å². The lowest BCUT2D eigenvalue weighted by atomic mass is 10.1. The number of nitrogens with one attached hydrogen (secondary N) is 3. The van der Waals surface area contributed by atoms with E-state index >= 15 is 0 Å². The van der Waals surface area contributed by atoms with Crippen LogP contribution in [0.25, 0.3) is 0 Å². The van der Waals surface area contributed by atoms with Gasteiger partial charge in [-0.25, -0.2) is 13.1 Å². The average molecular weight is 544 g/mol. The SMILES string of the molecule is NCC(=O)NC(=O)c1ccc(C(=O)NS(=O)(=O)c2ccc(CCNC(=O)c3ccc(Cl)cc3)cc2)cn1. The van der Waals surface area contributed by atoms with Gasteiger partial charge in [-0.05, 0) is 60.5 Å². The maximum Gasteiger partial charge on any atom is 0.276 e. The van der Waals surface area contributed by atoms with E-state index in [9.17, 15) is 27.6 Å². The maximum absolute atomic E-state index is 12.6. The molecule has 0 saturated heterocycles. The van der Waals surface area contributed by atoms with Gasteiger partial charge in [0.05, 0.1) is 17.0 Å². The number of nitrogens with two attached hydrogens (primary N) is 1. The first-order chi connectivity index (χ1) is 17.6. The fraction of sp³-hybridized carbons (Fsp3) is 0.125. The summed E-state index contributed by atoms with van der Waals surface area (Å²) in [6.07, 6.45) is 1.46. The number of amides is 4. The second-order valence-electron chi connectivity index (χ2n) is 7.60. The first-order valence-electron chi connectivity index (χ1n) is 10.8. The van der Waals surface area contributed by atoms with E-state index in [0.717, 1.165) is 11.8 Å². The van der Waals surface area contributed by atoms with Gasteiger partial charge in [-0.2, -0.15) is 0 Å². The third-order valence-corrected chi connectivity index (χ3v) is 6.56. The summed E-state index contributed by atoms with van der Waals surface area (Å²) in [6, 6.07) is 14.6. The van der Waals surface area contributed by atoms with Gasteiger partial charge in [0.2, 0.25) is 5.91 Å². The van der Waals surface area contributed by atoms with Crippen molar-refractivity contribution >= 4 is 45.3 Å². The molecular formula is C24H22ClN5O6S. The van der Waals surface area contributed by atoms with Crippen LogP contribution in [0.2, 0.25) is 5.02 Å². The van der Waals surface area contributed by atoms with Gasteiger partial charge in [0.1, 0.15) is 5.69 Å². The van der Waals surface area contributed by atoms with Crippen molar-refractivity contribution in [2.24, 2.45) is 5.73 Å². The number of nitrogens with zero attached hydrogens (tertiary/aromatic N) is 1. The number of benzene rings is 2. The van der Waals surface area contributed by atoms with Gasteiger partial charge < -0.3 is 11.1 Å². The molecule has 1 heterocycles. The van der Waals surface area contributed by atoms with Crippen LogP contribution in [0.4, 0.5) is 0 Å². The zero-order chi connectivity index (χ0) is 27.0. The molecule has 0 bridgehead atoms. The molecule has 0 fully saturated rings. The van der Waals surface area contributed by atoms with Crippen LogP contribution in [0.5, 0.6) is 0 Å². The van der Waals surface area contributed by atoms with Crippen LogP contribution >= 0.6 is 11.6 Å². The van der Waals surface area contributed by atoms with Gasteiger partial charge >= 0.3 is 0 Å². The average Bonchev–Trinajstić information content (AvgIpc) is 2.89. The van der Waals surface area contributed by atoms with Crippen LogP contribution in [0.3, 0.4) is 0 Å². The molecule has 4 amide bonds. The molecule has 3 aromatic rings. The van der Waals surface area contributed by atoms with Gasteiger partial charge in [-0.1, -0.05) is 23.7 Å². The Morgan fingerprint density at radius 2 is 1.49 bits per heavy atom. The zero-order valence-corrected chi connectivity index (χ0v) is 20.8. The summed E-state index contributed by atoms with van der Waals surface area (Å²) in [6.45, 7) is -0.0579. The third-order valence-electron chi connectivity index (χ3n) is 4.96. The molecule has 0 atom stereocenters. The Labute approximate surface area is 217 Å². The second kappa shape index (κ2) is 12.2. The number of halogens is 1. The molecule has 0 radical (unpaired) electrons. The van der Waals surface area contributed by atoms with E-state index in [-0.39, 0.29) is 28.6 Å². The van der Waals surface area contributed by atoms with Crippen LogP contribution in [-0.4, -0.2) is 50.1 Å². The summed E-state index contributed by atoms with van der Waals surface area (Å²) < 4.78 is 27.2. The van der Waals surface area contributed by atoms with Crippen molar-refractivity contribution in [2.45, 2.75) is 11.3 Å². The number of hydrogen-bond acceptors (Lipinski definition) is 8. The number of pyridine rings is 1. The number of carbonyl (C=O) groups excluding carboxylic acids is 4. The molecule has 1 aromatic heterocycles. The maximum atomic E-state index is 12.6. The summed E-state index contributed by atoms with van der Waals surface area (Å²) in [7, 11) is -4.19. The normalized spacial score (nSPS) is 10.9. The Morgan fingerprint density at radius 3 is 2.08 bits per heavy atom. The fourth-order valence-electron chi connectivity index (χ4n) is 3.00. The molecule has 2 aromatic carbocycles. The lowest BCUT2D eigenvalue weighted by molar-refractivity contribution is -0.118. The number of sulfonamides is 1. The molecule has 0 saturated carbocycles. The molecule has 13 heteroatoms. The van der Waals surface area contributed by atoms with Crippen LogP contribution in [-0.2, 0) is 21.2 Å². The molecule has 0 aliphatic carbocycles. The smallest absolute Gasteiger partial charge is 0.276 e. The van der Waals surface area contributed by atoms with Crippen molar-refractivity contribution in [3.05, 3.63) is 94.3 Å². The summed E-state index contributed by atoms with van der Waals surface area (Å²) in [5, 5.41) is 5.30.